The third-order valence-corrected chi connectivity index (χ3v) is 3.97. The Bertz CT molecular complexity index is 646. The topological polar surface area (TPSA) is 24.9 Å². The molecule has 2 nitrogen and oxygen atoms in total. The molecule has 116 valence electrons. The second kappa shape index (κ2) is 6.08. The van der Waals surface area contributed by atoms with Crippen LogP contribution in [0.2, 0.25) is 0 Å². The number of rotatable bonds is 2. The summed E-state index contributed by atoms with van der Waals surface area (Å²) in [5, 5.41) is 3.33. The zero-order valence-electron chi connectivity index (χ0n) is 12.0. The second-order valence-electron chi connectivity index (χ2n) is 5.57. The summed E-state index contributed by atoms with van der Waals surface area (Å²) in [5.41, 5.74) is 1.40. The van der Waals surface area contributed by atoms with Crippen LogP contribution in [0.5, 0.6) is 0 Å². The van der Waals surface area contributed by atoms with Crippen molar-refractivity contribution >= 4 is 0 Å². The second-order valence-corrected chi connectivity index (χ2v) is 5.57. The van der Waals surface area contributed by atoms with Crippen LogP contribution in [0.1, 0.15) is 30.0 Å². The Morgan fingerprint density at radius 3 is 2.64 bits per heavy atom. The summed E-state index contributed by atoms with van der Waals surface area (Å²) in [5.74, 6) is 0.333. The Labute approximate surface area is 127 Å². The van der Waals surface area contributed by atoms with E-state index in [1.54, 1.807) is 12.1 Å². The van der Waals surface area contributed by atoms with Gasteiger partial charge in [-0.05, 0) is 43.7 Å². The first-order valence-electron chi connectivity index (χ1n) is 7.39. The van der Waals surface area contributed by atoms with E-state index in [9.17, 15) is 13.2 Å². The van der Waals surface area contributed by atoms with Crippen molar-refractivity contribution in [2.75, 3.05) is 13.1 Å². The molecule has 1 N–H and O–H groups in total. The monoisotopic (exact) mass is 306 g/mol. The third-order valence-electron chi connectivity index (χ3n) is 3.97. The van der Waals surface area contributed by atoms with Crippen molar-refractivity contribution in [3.63, 3.8) is 0 Å². The van der Waals surface area contributed by atoms with E-state index in [1.807, 2.05) is 12.1 Å². The number of nitrogens with one attached hydrogen (secondary N) is 1. The summed E-state index contributed by atoms with van der Waals surface area (Å²) in [6.07, 6.45) is -2.17. The number of pyridine rings is 1. The summed E-state index contributed by atoms with van der Waals surface area (Å²) >= 11 is 0. The van der Waals surface area contributed by atoms with Gasteiger partial charge in [-0.25, -0.2) is 0 Å². The molecule has 1 atom stereocenters. The molecular weight excluding hydrogens is 289 g/mol. The average molecular weight is 306 g/mol. The molecule has 0 bridgehead atoms. The van der Waals surface area contributed by atoms with Crippen molar-refractivity contribution in [1.82, 2.24) is 10.3 Å². The molecule has 1 unspecified atom stereocenters. The van der Waals surface area contributed by atoms with Crippen molar-refractivity contribution in [2.24, 2.45) is 0 Å². The Morgan fingerprint density at radius 1 is 1.09 bits per heavy atom. The summed E-state index contributed by atoms with van der Waals surface area (Å²) in [6.45, 7) is 1.89. The maximum Gasteiger partial charge on any atom is 0.416 e. The maximum atomic E-state index is 12.8. The van der Waals surface area contributed by atoms with Crippen LogP contribution in [0, 0.1) is 0 Å². The number of hydrogen-bond acceptors (Lipinski definition) is 2. The average Bonchev–Trinajstić information content (AvgIpc) is 2.55. The van der Waals surface area contributed by atoms with Crippen LogP contribution >= 0.6 is 0 Å². The van der Waals surface area contributed by atoms with E-state index in [2.05, 4.69) is 10.3 Å². The molecule has 1 aromatic heterocycles. The number of halogens is 3. The Kier molecular flexibility index (Phi) is 4.16. The van der Waals surface area contributed by atoms with Gasteiger partial charge in [0.2, 0.25) is 0 Å². The number of piperidine rings is 1. The standard InChI is InChI=1S/C17H17F3N2/c18-17(19,20)14-6-1-4-12(10-14)15-7-2-8-16(22-15)13-5-3-9-21-11-13/h1-2,4,6-8,10,13,21H,3,5,9,11H2. The van der Waals surface area contributed by atoms with Crippen molar-refractivity contribution in [3.05, 3.63) is 53.7 Å². The first-order valence-corrected chi connectivity index (χ1v) is 7.39. The molecule has 1 aliphatic heterocycles. The largest absolute Gasteiger partial charge is 0.416 e. The lowest BCUT2D eigenvalue weighted by molar-refractivity contribution is -0.137. The fourth-order valence-corrected chi connectivity index (χ4v) is 2.80. The van der Waals surface area contributed by atoms with Crippen LogP contribution in [0.4, 0.5) is 13.2 Å². The zero-order valence-corrected chi connectivity index (χ0v) is 12.0. The van der Waals surface area contributed by atoms with E-state index in [1.165, 1.54) is 6.07 Å². The molecule has 0 spiro atoms. The lowest BCUT2D eigenvalue weighted by Crippen LogP contribution is -2.28. The lowest BCUT2D eigenvalue weighted by Gasteiger charge is -2.22. The van der Waals surface area contributed by atoms with Crippen molar-refractivity contribution in [2.45, 2.75) is 24.9 Å². The Hall–Kier alpha value is -1.88. The molecule has 0 amide bonds. The van der Waals surface area contributed by atoms with Crippen LogP contribution in [-0.2, 0) is 6.18 Å². The normalized spacial score (nSPS) is 19.1. The predicted octanol–water partition coefficient (Wildman–Crippen LogP) is 4.23. The van der Waals surface area contributed by atoms with Crippen molar-refractivity contribution < 1.29 is 13.2 Å². The van der Waals surface area contributed by atoms with E-state index in [0.717, 1.165) is 43.8 Å². The van der Waals surface area contributed by atoms with Crippen LogP contribution < -0.4 is 5.32 Å². The molecule has 0 saturated carbocycles. The van der Waals surface area contributed by atoms with E-state index < -0.39 is 11.7 Å². The smallest absolute Gasteiger partial charge is 0.316 e. The van der Waals surface area contributed by atoms with Gasteiger partial charge in [0.15, 0.2) is 0 Å². The fourth-order valence-electron chi connectivity index (χ4n) is 2.80. The summed E-state index contributed by atoms with van der Waals surface area (Å²) in [7, 11) is 0. The highest BCUT2D eigenvalue weighted by Crippen LogP contribution is 2.32. The van der Waals surface area contributed by atoms with Gasteiger partial charge in [-0.1, -0.05) is 18.2 Å². The highest BCUT2D eigenvalue weighted by atomic mass is 19.4. The molecule has 1 saturated heterocycles. The number of aromatic nitrogens is 1. The molecule has 5 heteroatoms. The van der Waals surface area contributed by atoms with Gasteiger partial charge in [-0.15, -0.1) is 0 Å². The minimum absolute atomic E-state index is 0.333. The van der Waals surface area contributed by atoms with E-state index in [0.29, 0.717) is 17.2 Å². The molecule has 3 rings (SSSR count). The summed E-state index contributed by atoms with van der Waals surface area (Å²) < 4.78 is 38.5. The Balaban J connectivity index is 1.92. The van der Waals surface area contributed by atoms with Crippen molar-refractivity contribution in [1.29, 1.82) is 0 Å². The number of nitrogens with zero attached hydrogens (tertiary/aromatic N) is 1. The first kappa shape index (κ1) is 15.0. The van der Waals surface area contributed by atoms with E-state index in [-0.39, 0.29) is 0 Å². The quantitative estimate of drug-likeness (QED) is 0.898. The number of benzene rings is 1. The Morgan fingerprint density at radius 2 is 1.91 bits per heavy atom. The van der Waals surface area contributed by atoms with Crippen LogP contribution in [-0.4, -0.2) is 18.1 Å². The molecule has 22 heavy (non-hydrogen) atoms. The van der Waals surface area contributed by atoms with E-state index in [4.69, 9.17) is 0 Å². The molecule has 0 aliphatic carbocycles. The molecule has 1 fully saturated rings. The molecule has 2 aromatic rings. The van der Waals surface area contributed by atoms with Gasteiger partial charge in [0.25, 0.3) is 0 Å². The van der Waals surface area contributed by atoms with Gasteiger partial charge in [0.05, 0.1) is 11.3 Å². The van der Waals surface area contributed by atoms with Gasteiger partial charge in [0, 0.05) is 23.7 Å². The SMILES string of the molecule is FC(F)(F)c1cccc(-c2cccc(C3CCCNC3)n2)c1. The molecule has 2 heterocycles. The van der Waals surface area contributed by atoms with Gasteiger partial charge in [0.1, 0.15) is 0 Å². The van der Waals surface area contributed by atoms with Gasteiger partial charge in [-0.2, -0.15) is 13.2 Å². The minimum atomic E-state index is -4.33. The van der Waals surface area contributed by atoms with Crippen LogP contribution in [0.25, 0.3) is 11.3 Å². The van der Waals surface area contributed by atoms with Gasteiger partial charge < -0.3 is 5.32 Å². The fraction of sp³-hybridized carbons (Fsp3) is 0.353. The van der Waals surface area contributed by atoms with E-state index >= 15 is 0 Å². The van der Waals surface area contributed by atoms with Crippen LogP contribution in [0.15, 0.2) is 42.5 Å². The summed E-state index contributed by atoms with van der Waals surface area (Å²) in [6, 6.07) is 10.9. The lowest BCUT2D eigenvalue weighted by atomic mass is 9.95. The third kappa shape index (κ3) is 3.30. The molecule has 0 radical (unpaired) electrons. The number of hydrogen-bond donors (Lipinski definition) is 1. The zero-order chi connectivity index (χ0) is 15.6. The van der Waals surface area contributed by atoms with Gasteiger partial charge in [-0.3, -0.25) is 4.98 Å². The van der Waals surface area contributed by atoms with Crippen LogP contribution in [0.3, 0.4) is 0 Å². The van der Waals surface area contributed by atoms with Gasteiger partial charge >= 0.3 is 6.18 Å². The molecule has 1 aliphatic rings. The highest BCUT2D eigenvalue weighted by molar-refractivity contribution is 5.60. The first-order chi connectivity index (χ1) is 10.5. The van der Waals surface area contributed by atoms with Crippen molar-refractivity contribution in [3.8, 4) is 11.3 Å². The molecule has 1 aromatic carbocycles. The highest BCUT2D eigenvalue weighted by Gasteiger charge is 2.30. The number of alkyl halides is 3. The minimum Gasteiger partial charge on any atom is -0.316 e. The predicted molar refractivity (Wildman–Crippen MR) is 79.5 cm³/mol. The summed E-state index contributed by atoms with van der Waals surface area (Å²) in [4.78, 5) is 4.58. The molecular formula is C17H17F3N2. The maximum absolute atomic E-state index is 12.8.